The van der Waals surface area contributed by atoms with Crippen LogP contribution in [0.2, 0.25) is 0 Å². The molecular weight excluding hydrogens is 381 g/mol. The van der Waals surface area contributed by atoms with Gasteiger partial charge in [-0.05, 0) is 0 Å². The van der Waals surface area contributed by atoms with Gasteiger partial charge in [0.2, 0.25) is 0 Å². The van der Waals surface area contributed by atoms with Crippen molar-refractivity contribution in [2.45, 2.75) is 41.7 Å². The van der Waals surface area contributed by atoms with Gasteiger partial charge in [-0.1, -0.05) is 0 Å². The Labute approximate surface area is 116 Å². The van der Waals surface area contributed by atoms with E-state index in [0.717, 1.165) is 6.92 Å². The third-order valence-electron chi connectivity index (χ3n) is 2.39. The van der Waals surface area contributed by atoms with Crippen molar-refractivity contribution in [2.24, 2.45) is 0 Å². The second-order valence-electron chi connectivity index (χ2n) is 4.07. The predicted molar refractivity (Wildman–Crippen MR) is 41.1 cm³/mol. The molecule has 0 bridgehead atoms. The smallest absolute Gasteiger partial charge is 0.200 e. The molecule has 0 heterocycles. The first-order valence-electron chi connectivity index (χ1n) is 4.69. The molecule has 0 unspecified atom stereocenters. The average molecular weight is 383 g/mol. The summed E-state index contributed by atoms with van der Waals surface area (Å²) in [5, 5.41) is 0. The third kappa shape index (κ3) is 2.68. The van der Waals surface area contributed by atoms with Crippen LogP contribution >= 0.6 is 0 Å². The van der Waals surface area contributed by atoms with Gasteiger partial charge < -0.3 is 0 Å². The lowest BCUT2D eigenvalue weighted by molar-refractivity contribution is -0.449. The lowest BCUT2D eigenvalue weighted by Gasteiger charge is -2.40. The lowest BCUT2D eigenvalue weighted by Crippen LogP contribution is -2.72. The van der Waals surface area contributed by atoms with Crippen molar-refractivity contribution in [1.29, 1.82) is 0 Å². The Hall–Kier alpha value is -1.05. The second kappa shape index (κ2) is 4.97. The van der Waals surface area contributed by atoms with Crippen molar-refractivity contribution in [2.75, 3.05) is 0 Å². The molecular formula is C8H2F15. The summed E-state index contributed by atoms with van der Waals surface area (Å²) in [4.78, 5) is 0. The van der Waals surface area contributed by atoms with Gasteiger partial charge >= 0.3 is 41.7 Å². The Kier molecular flexibility index (Phi) is 4.75. The van der Waals surface area contributed by atoms with E-state index in [1.165, 1.54) is 0 Å². The monoisotopic (exact) mass is 383 g/mol. The van der Waals surface area contributed by atoms with Gasteiger partial charge in [0.1, 0.15) is 0 Å². The van der Waals surface area contributed by atoms with Crippen LogP contribution in [0.3, 0.4) is 0 Å². The van der Waals surface area contributed by atoms with Gasteiger partial charge in [0, 0.05) is 6.92 Å². The van der Waals surface area contributed by atoms with Gasteiger partial charge in [0.15, 0.2) is 0 Å². The van der Waals surface area contributed by atoms with E-state index in [0.29, 0.717) is 0 Å². The first-order valence-corrected chi connectivity index (χ1v) is 4.69. The van der Waals surface area contributed by atoms with E-state index in [9.17, 15) is 65.9 Å². The van der Waals surface area contributed by atoms with Gasteiger partial charge in [-0.3, -0.25) is 0 Å². The summed E-state index contributed by atoms with van der Waals surface area (Å²) in [5.41, 5.74) is 0. The summed E-state index contributed by atoms with van der Waals surface area (Å²) in [5.74, 6) is -46.3. The maximum absolute atomic E-state index is 12.7. The molecule has 23 heavy (non-hydrogen) atoms. The Bertz CT molecular complexity index is 395. The molecule has 0 aliphatic heterocycles. The van der Waals surface area contributed by atoms with Crippen LogP contribution in [0.15, 0.2) is 0 Å². The van der Waals surface area contributed by atoms with Crippen molar-refractivity contribution in [3.05, 3.63) is 6.92 Å². The first-order chi connectivity index (χ1) is 9.50. The first kappa shape index (κ1) is 21.9. The van der Waals surface area contributed by atoms with Gasteiger partial charge in [0.25, 0.3) is 0 Å². The normalized spacial score (nSPS) is 16.7. The van der Waals surface area contributed by atoms with Crippen molar-refractivity contribution in [1.82, 2.24) is 0 Å². The molecule has 15 heteroatoms. The largest absolute Gasteiger partial charge is 0.460 e. The van der Waals surface area contributed by atoms with E-state index >= 15 is 0 Å². The van der Waals surface area contributed by atoms with Crippen LogP contribution in [-0.4, -0.2) is 41.7 Å². The zero-order valence-electron chi connectivity index (χ0n) is 9.88. The van der Waals surface area contributed by atoms with Crippen LogP contribution < -0.4 is 0 Å². The maximum atomic E-state index is 12.7. The minimum Gasteiger partial charge on any atom is -0.200 e. The zero-order chi connectivity index (χ0) is 19.5. The molecule has 0 nitrogen and oxygen atoms in total. The number of alkyl halides is 15. The van der Waals surface area contributed by atoms with Crippen molar-refractivity contribution < 1.29 is 65.9 Å². The molecule has 139 valence electrons. The highest BCUT2D eigenvalue weighted by Gasteiger charge is 2.92. The van der Waals surface area contributed by atoms with E-state index < -0.39 is 41.7 Å². The highest BCUT2D eigenvalue weighted by Crippen LogP contribution is 2.62. The van der Waals surface area contributed by atoms with Crippen LogP contribution in [0, 0.1) is 6.92 Å². The van der Waals surface area contributed by atoms with Gasteiger partial charge in [0.05, 0.1) is 0 Å². The molecule has 0 aliphatic carbocycles. The van der Waals surface area contributed by atoms with Gasteiger partial charge in [-0.15, -0.1) is 0 Å². The highest BCUT2D eigenvalue weighted by atomic mass is 19.4. The van der Waals surface area contributed by atoms with E-state index in [1.54, 1.807) is 0 Å². The Morgan fingerprint density at radius 2 is 0.565 bits per heavy atom. The molecule has 0 fully saturated rings. The molecule has 0 spiro atoms. The Morgan fingerprint density at radius 1 is 0.348 bits per heavy atom. The number of hydrogen-bond acceptors (Lipinski definition) is 0. The predicted octanol–water partition coefficient (Wildman–Crippen LogP) is 5.19. The molecule has 1 radical (unpaired) electrons. The Balaban J connectivity index is 6.37. The molecule has 0 saturated carbocycles. The molecule has 0 amide bonds. The van der Waals surface area contributed by atoms with E-state index in [1.807, 2.05) is 0 Å². The molecule has 0 aromatic rings. The summed E-state index contributed by atoms with van der Waals surface area (Å²) >= 11 is 0. The minimum absolute atomic E-state index is 0.964. The quantitative estimate of drug-likeness (QED) is 0.573. The summed E-state index contributed by atoms with van der Waals surface area (Å²) in [7, 11) is 0. The van der Waals surface area contributed by atoms with E-state index in [4.69, 9.17) is 0 Å². The minimum atomic E-state index is -8.23. The van der Waals surface area contributed by atoms with Crippen LogP contribution in [0.4, 0.5) is 65.9 Å². The summed E-state index contributed by atoms with van der Waals surface area (Å²) in [6, 6.07) is 0. The fraction of sp³-hybridized carbons (Fsp3) is 0.875. The summed E-state index contributed by atoms with van der Waals surface area (Å²) in [6.45, 7) is 0.964. The number of hydrogen-bond donors (Lipinski definition) is 0. The van der Waals surface area contributed by atoms with Crippen LogP contribution in [0.1, 0.15) is 0 Å². The summed E-state index contributed by atoms with van der Waals surface area (Å²) in [6.07, 6.45) is -7.59. The molecule has 0 aromatic heterocycles. The Morgan fingerprint density at radius 3 is 0.783 bits per heavy atom. The molecule has 0 saturated heterocycles. The van der Waals surface area contributed by atoms with Gasteiger partial charge in [-0.2, -0.15) is 65.9 Å². The third-order valence-corrected chi connectivity index (χ3v) is 2.39. The highest BCUT2D eigenvalue weighted by molar-refractivity contribution is 5.13. The van der Waals surface area contributed by atoms with Crippen molar-refractivity contribution in [3.63, 3.8) is 0 Å². The molecule has 0 N–H and O–H groups in total. The van der Waals surface area contributed by atoms with Crippen molar-refractivity contribution >= 4 is 0 Å². The standard InChI is InChI=1S/C8H2F15/c1-2(9,10)3(11,12)4(13,14)5(15,16)6(17,18)7(19,20)8(21,22)23/h1H2. The lowest BCUT2D eigenvalue weighted by atomic mass is 9.91. The zero-order valence-corrected chi connectivity index (χ0v) is 9.88. The number of rotatable bonds is 5. The fourth-order valence-corrected chi connectivity index (χ4v) is 0.999. The van der Waals surface area contributed by atoms with Crippen LogP contribution in [-0.2, 0) is 0 Å². The second-order valence-corrected chi connectivity index (χ2v) is 4.07. The van der Waals surface area contributed by atoms with Crippen LogP contribution in [0.5, 0.6) is 0 Å². The maximum Gasteiger partial charge on any atom is 0.460 e. The van der Waals surface area contributed by atoms with E-state index in [-0.39, 0.29) is 0 Å². The van der Waals surface area contributed by atoms with Crippen LogP contribution in [0.25, 0.3) is 0 Å². The molecule has 0 atom stereocenters. The average Bonchev–Trinajstić information content (AvgIpc) is 2.24. The van der Waals surface area contributed by atoms with Gasteiger partial charge in [-0.25, -0.2) is 0 Å². The van der Waals surface area contributed by atoms with E-state index in [2.05, 4.69) is 0 Å². The van der Waals surface area contributed by atoms with Crippen molar-refractivity contribution in [3.8, 4) is 0 Å². The summed E-state index contributed by atoms with van der Waals surface area (Å²) < 4.78 is 185. The fourth-order valence-electron chi connectivity index (χ4n) is 0.999. The topological polar surface area (TPSA) is 0 Å². The molecule has 0 aliphatic rings. The number of halogens is 15. The molecule has 0 aromatic carbocycles. The molecule has 0 rings (SSSR count). The SMILES string of the molecule is [CH2]C(F)(F)C(F)(F)C(F)(F)C(F)(F)C(F)(F)C(F)(F)C(F)(F)F.